The predicted molar refractivity (Wildman–Crippen MR) is 74.3 cm³/mol. The van der Waals surface area contributed by atoms with Crippen LogP contribution in [-0.4, -0.2) is 26.6 Å². The highest BCUT2D eigenvalue weighted by Crippen LogP contribution is 2.20. The summed E-state index contributed by atoms with van der Waals surface area (Å²) in [7, 11) is -3.59. The van der Waals surface area contributed by atoms with Crippen LogP contribution in [0.1, 0.15) is 31.9 Å². The van der Waals surface area contributed by atoms with Gasteiger partial charge in [-0.15, -0.1) is 0 Å². The largest absolute Gasteiger partial charge is 0.368 e. The average Bonchev–Trinajstić information content (AvgIpc) is 2.33. The van der Waals surface area contributed by atoms with E-state index >= 15 is 0 Å². The molecule has 0 aliphatic rings. The Morgan fingerprint density at radius 2 is 2.05 bits per heavy atom. The fourth-order valence-electron chi connectivity index (χ4n) is 1.89. The molecule has 1 rings (SSSR count). The van der Waals surface area contributed by atoms with Crippen molar-refractivity contribution < 1.29 is 17.6 Å². The maximum atomic E-state index is 13.8. The third-order valence-electron chi connectivity index (χ3n) is 3.06. The summed E-state index contributed by atoms with van der Waals surface area (Å²) in [6.45, 7) is 3.56. The molecule has 0 saturated carbocycles. The molecule has 0 unspecified atom stereocenters. The van der Waals surface area contributed by atoms with Crippen molar-refractivity contribution in [3.8, 4) is 0 Å². The van der Waals surface area contributed by atoms with Crippen molar-refractivity contribution in [2.24, 2.45) is 5.73 Å². The van der Waals surface area contributed by atoms with Gasteiger partial charge in [0.1, 0.15) is 10.7 Å². The zero-order valence-electron chi connectivity index (χ0n) is 11.7. The van der Waals surface area contributed by atoms with E-state index in [2.05, 4.69) is 5.32 Å². The molecule has 2 atom stereocenters. The van der Waals surface area contributed by atoms with E-state index in [4.69, 9.17) is 5.73 Å². The number of rotatable bonds is 6. The topological polar surface area (TPSA) is 89.3 Å². The van der Waals surface area contributed by atoms with Crippen molar-refractivity contribution in [3.63, 3.8) is 0 Å². The molecule has 0 heterocycles. The van der Waals surface area contributed by atoms with Crippen LogP contribution in [0.2, 0.25) is 0 Å². The van der Waals surface area contributed by atoms with E-state index in [1.165, 1.54) is 12.1 Å². The van der Waals surface area contributed by atoms with E-state index in [9.17, 15) is 17.6 Å². The van der Waals surface area contributed by atoms with Crippen LogP contribution in [0.4, 0.5) is 4.39 Å². The number of nitrogens with one attached hydrogen (secondary N) is 1. The fourth-order valence-corrected chi connectivity index (χ4v) is 2.61. The van der Waals surface area contributed by atoms with Gasteiger partial charge in [0.2, 0.25) is 5.91 Å². The number of sulfone groups is 1. The summed E-state index contributed by atoms with van der Waals surface area (Å²) in [6.07, 6.45) is 1.47. The van der Waals surface area contributed by atoms with E-state index in [-0.39, 0.29) is 10.9 Å². The van der Waals surface area contributed by atoms with E-state index in [1.807, 2.05) is 6.92 Å². The molecule has 0 radical (unpaired) electrons. The molecule has 0 fully saturated rings. The Bertz CT molecular complexity index is 602. The van der Waals surface area contributed by atoms with Gasteiger partial charge in [-0.05, 0) is 31.0 Å². The van der Waals surface area contributed by atoms with Crippen LogP contribution in [0, 0.1) is 5.82 Å². The molecule has 0 aliphatic carbocycles. The first kappa shape index (κ1) is 16.6. The number of hydrogen-bond donors (Lipinski definition) is 2. The lowest BCUT2D eigenvalue weighted by Gasteiger charge is -2.20. The standard InChI is InChI=1S/C13H19FN2O3S/c1-4-11(13(15)17)16-8(2)9-5-6-12(10(14)7-9)20(3,18)19/h5-8,11,16H,4H2,1-3H3,(H2,15,17)/t8-,11+/m0/s1. The summed E-state index contributed by atoms with van der Waals surface area (Å²) < 4.78 is 36.4. The van der Waals surface area contributed by atoms with Crippen molar-refractivity contribution in [2.45, 2.75) is 37.2 Å². The van der Waals surface area contributed by atoms with Gasteiger partial charge >= 0.3 is 0 Å². The molecule has 0 bridgehead atoms. The Morgan fingerprint density at radius 1 is 1.45 bits per heavy atom. The van der Waals surface area contributed by atoms with Crippen LogP contribution in [0.25, 0.3) is 0 Å². The molecule has 0 aliphatic heterocycles. The summed E-state index contributed by atoms with van der Waals surface area (Å²) in [5.41, 5.74) is 5.78. The Hall–Kier alpha value is -1.47. The van der Waals surface area contributed by atoms with Gasteiger partial charge in [0, 0.05) is 12.3 Å². The molecular weight excluding hydrogens is 283 g/mol. The average molecular weight is 302 g/mol. The van der Waals surface area contributed by atoms with Gasteiger partial charge in [-0.25, -0.2) is 12.8 Å². The maximum Gasteiger partial charge on any atom is 0.234 e. The van der Waals surface area contributed by atoms with Crippen molar-refractivity contribution in [2.75, 3.05) is 6.26 Å². The lowest BCUT2D eigenvalue weighted by atomic mass is 10.1. The molecule has 5 nitrogen and oxygen atoms in total. The highest BCUT2D eigenvalue weighted by molar-refractivity contribution is 7.90. The molecule has 7 heteroatoms. The second-order valence-electron chi connectivity index (χ2n) is 4.71. The number of nitrogens with two attached hydrogens (primary N) is 1. The maximum absolute atomic E-state index is 13.8. The summed E-state index contributed by atoms with van der Waals surface area (Å²) in [5.74, 6) is -1.28. The van der Waals surface area contributed by atoms with Gasteiger partial charge in [0.15, 0.2) is 9.84 Å². The number of halogens is 1. The molecule has 1 aromatic carbocycles. The van der Waals surface area contributed by atoms with Crippen molar-refractivity contribution in [3.05, 3.63) is 29.6 Å². The smallest absolute Gasteiger partial charge is 0.234 e. The van der Waals surface area contributed by atoms with Crippen LogP contribution in [0.5, 0.6) is 0 Å². The number of hydrogen-bond acceptors (Lipinski definition) is 4. The van der Waals surface area contributed by atoms with Gasteiger partial charge in [-0.3, -0.25) is 10.1 Å². The van der Waals surface area contributed by atoms with Crippen LogP contribution in [0.3, 0.4) is 0 Å². The second-order valence-corrected chi connectivity index (χ2v) is 6.70. The van der Waals surface area contributed by atoms with Crippen molar-refractivity contribution in [1.82, 2.24) is 5.32 Å². The zero-order chi connectivity index (χ0) is 15.5. The van der Waals surface area contributed by atoms with E-state index in [0.717, 1.165) is 12.3 Å². The zero-order valence-corrected chi connectivity index (χ0v) is 12.5. The Labute approximate surface area is 118 Å². The quantitative estimate of drug-likeness (QED) is 0.824. The SMILES string of the molecule is CC[C@@H](N[C@@H](C)c1ccc(S(C)(=O)=O)c(F)c1)C(N)=O. The molecule has 3 N–H and O–H groups in total. The number of amides is 1. The Balaban J connectivity index is 2.99. The minimum absolute atomic E-state index is 0.324. The molecule has 1 aromatic rings. The normalized spacial score (nSPS) is 14.8. The number of carbonyl (C=O) groups excluding carboxylic acids is 1. The van der Waals surface area contributed by atoms with Crippen molar-refractivity contribution >= 4 is 15.7 Å². The first-order valence-electron chi connectivity index (χ1n) is 6.21. The van der Waals surface area contributed by atoms with Gasteiger partial charge < -0.3 is 5.73 Å². The molecule has 0 saturated heterocycles. The Morgan fingerprint density at radius 3 is 2.45 bits per heavy atom. The third kappa shape index (κ3) is 4.01. The van der Waals surface area contributed by atoms with Crippen LogP contribution >= 0.6 is 0 Å². The lowest BCUT2D eigenvalue weighted by Crippen LogP contribution is -2.41. The minimum atomic E-state index is -3.59. The van der Waals surface area contributed by atoms with E-state index < -0.39 is 27.6 Å². The Kier molecular flexibility index (Phi) is 5.24. The summed E-state index contributed by atoms with van der Waals surface area (Å²) >= 11 is 0. The number of primary amides is 1. The first-order valence-corrected chi connectivity index (χ1v) is 8.10. The number of benzene rings is 1. The van der Waals surface area contributed by atoms with E-state index in [1.54, 1.807) is 6.92 Å². The third-order valence-corrected chi connectivity index (χ3v) is 4.19. The molecular formula is C13H19FN2O3S. The lowest BCUT2D eigenvalue weighted by molar-refractivity contribution is -0.120. The second kappa shape index (κ2) is 6.32. The highest BCUT2D eigenvalue weighted by Gasteiger charge is 2.19. The van der Waals surface area contributed by atoms with E-state index in [0.29, 0.717) is 12.0 Å². The molecule has 20 heavy (non-hydrogen) atoms. The predicted octanol–water partition coefficient (Wildman–Crippen LogP) is 1.14. The van der Waals surface area contributed by atoms with Crippen molar-refractivity contribution in [1.29, 1.82) is 0 Å². The summed E-state index contributed by atoms with van der Waals surface area (Å²) in [4.78, 5) is 10.8. The molecule has 1 amide bonds. The van der Waals surface area contributed by atoms with Crippen LogP contribution in [0.15, 0.2) is 23.1 Å². The summed E-state index contributed by atoms with van der Waals surface area (Å²) in [6, 6.07) is 3.06. The van der Waals surface area contributed by atoms with Crippen LogP contribution < -0.4 is 11.1 Å². The number of carbonyl (C=O) groups is 1. The molecule has 112 valence electrons. The van der Waals surface area contributed by atoms with Gasteiger partial charge in [-0.1, -0.05) is 13.0 Å². The van der Waals surface area contributed by atoms with Crippen LogP contribution in [-0.2, 0) is 14.6 Å². The minimum Gasteiger partial charge on any atom is -0.368 e. The van der Waals surface area contributed by atoms with Gasteiger partial charge in [-0.2, -0.15) is 0 Å². The van der Waals surface area contributed by atoms with Gasteiger partial charge in [0.05, 0.1) is 6.04 Å². The first-order chi connectivity index (χ1) is 9.16. The van der Waals surface area contributed by atoms with Gasteiger partial charge in [0.25, 0.3) is 0 Å². The summed E-state index contributed by atoms with van der Waals surface area (Å²) in [5, 5.41) is 2.98. The highest BCUT2D eigenvalue weighted by atomic mass is 32.2. The monoisotopic (exact) mass is 302 g/mol. The molecule has 0 aromatic heterocycles. The fraction of sp³-hybridized carbons (Fsp3) is 0.462. The molecule has 0 spiro atoms.